The highest BCUT2D eigenvalue weighted by atomic mass is 79.9. The molecule has 0 aliphatic heterocycles. The van der Waals surface area contributed by atoms with Crippen molar-refractivity contribution in [2.45, 2.75) is 11.3 Å². The molecule has 0 saturated carbocycles. The van der Waals surface area contributed by atoms with Gasteiger partial charge in [-0.05, 0) is 37.2 Å². The number of thioether (sulfide) groups is 1. The predicted molar refractivity (Wildman–Crippen MR) is 74.2 cm³/mol. The molecule has 1 rings (SSSR count). The summed E-state index contributed by atoms with van der Waals surface area (Å²) in [7, 11) is 1.74. The number of benzene rings is 1. The standard InChI is InChI=1S/C12H18BrNOS/c1-15-9-2-7-14-8-10-16-12-5-3-11(13)4-6-12/h3-6,14H,2,7-10H2,1H3. The first-order valence-electron chi connectivity index (χ1n) is 5.41. The van der Waals surface area contributed by atoms with Gasteiger partial charge >= 0.3 is 0 Å². The van der Waals surface area contributed by atoms with Crippen molar-refractivity contribution < 1.29 is 4.74 Å². The maximum absolute atomic E-state index is 4.98. The van der Waals surface area contributed by atoms with Crippen LogP contribution in [0.25, 0.3) is 0 Å². The Labute approximate surface area is 110 Å². The van der Waals surface area contributed by atoms with E-state index in [2.05, 4.69) is 45.5 Å². The second-order valence-electron chi connectivity index (χ2n) is 3.40. The Bertz CT molecular complexity index is 279. The van der Waals surface area contributed by atoms with Crippen LogP contribution in [-0.4, -0.2) is 32.6 Å². The minimum absolute atomic E-state index is 0.840. The number of hydrogen-bond donors (Lipinski definition) is 1. The SMILES string of the molecule is COCCCNCCSc1ccc(Br)cc1. The largest absolute Gasteiger partial charge is 0.385 e. The molecule has 0 aromatic heterocycles. The minimum Gasteiger partial charge on any atom is -0.385 e. The number of methoxy groups -OCH3 is 1. The van der Waals surface area contributed by atoms with E-state index in [-0.39, 0.29) is 0 Å². The summed E-state index contributed by atoms with van der Waals surface area (Å²) in [6.07, 6.45) is 1.08. The van der Waals surface area contributed by atoms with Gasteiger partial charge in [0.1, 0.15) is 0 Å². The molecule has 0 saturated heterocycles. The van der Waals surface area contributed by atoms with Gasteiger partial charge in [-0.1, -0.05) is 15.9 Å². The molecule has 0 atom stereocenters. The fourth-order valence-corrected chi connectivity index (χ4v) is 2.31. The van der Waals surface area contributed by atoms with Crippen LogP contribution in [0, 0.1) is 0 Å². The highest BCUT2D eigenvalue weighted by Gasteiger charge is 1.94. The smallest absolute Gasteiger partial charge is 0.0474 e. The van der Waals surface area contributed by atoms with Crippen LogP contribution in [0.15, 0.2) is 33.6 Å². The molecule has 0 heterocycles. The van der Waals surface area contributed by atoms with E-state index in [0.717, 1.165) is 36.3 Å². The van der Waals surface area contributed by atoms with Crippen LogP contribution in [0.3, 0.4) is 0 Å². The van der Waals surface area contributed by atoms with E-state index < -0.39 is 0 Å². The summed E-state index contributed by atoms with van der Waals surface area (Å²) in [5.41, 5.74) is 0. The molecule has 1 N–H and O–H groups in total. The molecule has 1 aromatic carbocycles. The number of ether oxygens (including phenoxy) is 1. The lowest BCUT2D eigenvalue weighted by atomic mass is 10.4. The summed E-state index contributed by atoms with van der Waals surface area (Å²) in [4.78, 5) is 1.32. The van der Waals surface area contributed by atoms with Crippen molar-refractivity contribution >= 4 is 27.7 Å². The summed E-state index contributed by atoms with van der Waals surface area (Å²) >= 11 is 5.31. The summed E-state index contributed by atoms with van der Waals surface area (Å²) < 4.78 is 6.11. The van der Waals surface area contributed by atoms with E-state index in [0.29, 0.717) is 0 Å². The molecular formula is C12H18BrNOS. The van der Waals surface area contributed by atoms with Gasteiger partial charge in [0.15, 0.2) is 0 Å². The summed E-state index contributed by atoms with van der Waals surface area (Å²) in [6, 6.07) is 8.43. The maximum atomic E-state index is 4.98. The Morgan fingerprint density at radius 2 is 2.00 bits per heavy atom. The van der Waals surface area contributed by atoms with Crippen LogP contribution in [0.4, 0.5) is 0 Å². The monoisotopic (exact) mass is 303 g/mol. The van der Waals surface area contributed by atoms with Crippen LogP contribution in [0.2, 0.25) is 0 Å². The lowest BCUT2D eigenvalue weighted by molar-refractivity contribution is 0.194. The molecule has 0 fully saturated rings. The van der Waals surface area contributed by atoms with Crippen molar-refractivity contribution in [2.24, 2.45) is 0 Å². The highest BCUT2D eigenvalue weighted by Crippen LogP contribution is 2.19. The first kappa shape index (κ1) is 14.0. The van der Waals surface area contributed by atoms with Gasteiger partial charge in [-0.3, -0.25) is 0 Å². The van der Waals surface area contributed by atoms with Crippen molar-refractivity contribution in [3.8, 4) is 0 Å². The number of nitrogens with one attached hydrogen (secondary N) is 1. The lowest BCUT2D eigenvalue weighted by Gasteiger charge is -2.04. The van der Waals surface area contributed by atoms with Crippen LogP contribution in [0.1, 0.15) is 6.42 Å². The quantitative estimate of drug-likeness (QED) is 0.589. The van der Waals surface area contributed by atoms with E-state index in [1.165, 1.54) is 4.90 Å². The molecule has 0 amide bonds. The average Bonchev–Trinajstić information content (AvgIpc) is 2.30. The Morgan fingerprint density at radius 3 is 2.69 bits per heavy atom. The topological polar surface area (TPSA) is 21.3 Å². The zero-order valence-corrected chi connectivity index (χ0v) is 11.9. The second kappa shape index (κ2) is 9.05. The number of halogens is 1. The molecule has 0 bridgehead atoms. The lowest BCUT2D eigenvalue weighted by Crippen LogP contribution is -2.19. The van der Waals surface area contributed by atoms with Crippen LogP contribution >= 0.6 is 27.7 Å². The highest BCUT2D eigenvalue weighted by molar-refractivity contribution is 9.10. The predicted octanol–water partition coefficient (Wildman–Crippen LogP) is 3.17. The number of hydrogen-bond acceptors (Lipinski definition) is 3. The van der Waals surface area contributed by atoms with Crippen molar-refractivity contribution in [1.29, 1.82) is 0 Å². The van der Waals surface area contributed by atoms with E-state index in [9.17, 15) is 0 Å². The fourth-order valence-electron chi connectivity index (χ4n) is 1.24. The number of rotatable bonds is 8. The minimum atomic E-state index is 0.840. The summed E-state index contributed by atoms with van der Waals surface area (Å²) in [5.74, 6) is 1.11. The summed E-state index contributed by atoms with van der Waals surface area (Å²) in [5, 5.41) is 3.39. The van der Waals surface area contributed by atoms with E-state index in [1.54, 1.807) is 7.11 Å². The zero-order chi connectivity index (χ0) is 11.6. The van der Waals surface area contributed by atoms with Gasteiger partial charge in [0.05, 0.1) is 0 Å². The average molecular weight is 304 g/mol. The molecule has 4 heteroatoms. The van der Waals surface area contributed by atoms with Gasteiger partial charge in [-0.25, -0.2) is 0 Å². The van der Waals surface area contributed by atoms with Crippen molar-refractivity contribution in [3.63, 3.8) is 0 Å². The Balaban J connectivity index is 2.01. The third-order valence-electron chi connectivity index (χ3n) is 2.06. The Kier molecular flexibility index (Phi) is 7.93. The van der Waals surface area contributed by atoms with Crippen molar-refractivity contribution in [1.82, 2.24) is 5.32 Å². The molecule has 0 unspecified atom stereocenters. The van der Waals surface area contributed by atoms with Crippen LogP contribution < -0.4 is 5.32 Å². The van der Waals surface area contributed by atoms with Gasteiger partial charge in [0.25, 0.3) is 0 Å². The molecule has 16 heavy (non-hydrogen) atoms. The van der Waals surface area contributed by atoms with Gasteiger partial charge in [0, 0.05) is 35.4 Å². The molecule has 1 aromatic rings. The molecule has 0 radical (unpaired) electrons. The third-order valence-corrected chi connectivity index (χ3v) is 3.61. The van der Waals surface area contributed by atoms with Crippen molar-refractivity contribution in [2.75, 3.05) is 32.6 Å². The first-order chi connectivity index (χ1) is 7.83. The van der Waals surface area contributed by atoms with E-state index in [4.69, 9.17) is 4.74 Å². The third kappa shape index (κ3) is 6.53. The molecule has 0 aliphatic carbocycles. The molecule has 90 valence electrons. The maximum Gasteiger partial charge on any atom is 0.0474 e. The normalized spacial score (nSPS) is 10.6. The van der Waals surface area contributed by atoms with Gasteiger partial charge in [0.2, 0.25) is 0 Å². The Morgan fingerprint density at radius 1 is 1.25 bits per heavy atom. The molecular weight excluding hydrogens is 286 g/mol. The van der Waals surface area contributed by atoms with E-state index >= 15 is 0 Å². The van der Waals surface area contributed by atoms with Crippen LogP contribution in [0.5, 0.6) is 0 Å². The fraction of sp³-hybridized carbons (Fsp3) is 0.500. The van der Waals surface area contributed by atoms with E-state index in [1.807, 2.05) is 11.8 Å². The van der Waals surface area contributed by atoms with Gasteiger partial charge in [-0.15, -0.1) is 11.8 Å². The molecule has 2 nitrogen and oxygen atoms in total. The summed E-state index contributed by atoms with van der Waals surface area (Å²) in [6.45, 7) is 2.92. The van der Waals surface area contributed by atoms with Gasteiger partial charge in [-0.2, -0.15) is 0 Å². The van der Waals surface area contributed by atoms with Gasteiger partial charge < -0.3 is 10.1 Å². The van der Waals surface area contributed by atoms with Crippen LogP contribution in [-0.2, 0) is 4.74 Å². The Hall–Kier alpha value is -0.0300. The second-order valence-corrected chi connectivity index (χ2v) is 5.48. The first-order valence-corrected chi connectivity index (χ1v) is 7.19. The van der Waals surface area contributed by atoms with Crippen molar-refractivity contribution in [3.05, 3.63) is 28.7 Å². The zero-order valence-electron chi connectivity index (χ0n) is 9.54. The molecule has 0 aliphatic rings. The molecule has 0 spiro atoms.